The highest BCUT2D eigenvalue weighted by Crippen LogP contribution is 2.28. The lowest BCUT2D eigenvalue weighted by Gasteiger charge is -2.27. The summed E-state index contributed by atoms with van der Waals surface area (Å²) in [5, 5.41) is 5.98. The molecule has 1 unspecified atom stereocenters. The van der Waals surface area contributed by atoms with Gasteiger partial charge in [-0.25, -0.2) is 0 Å². The number of ether oxygens (including phenoxy) is 1. The summed E-state index contributed by atoms with van der Waals surface area (Å²) < 4.78 is 4.92. The van der Waals surface area contributed by atoms with Gasteiger partial charge in [0.2, 0.25) is 5.91 Å². The van der Waals surface area contributed by atoms with E-state index in [9.17, 15) is 9.59 Å². The Bertz CT molecular complexity index is 838. The number of benzene rings is 2. The summed E-state index contributed by atoms with van der Waals surface area (Å²) in [6.45, 7) is 2.62. The molecule has 154 valence electrons. The average molecular weight is 416 g/mol. The Balaban J connectivity index is 1.73. The van der Waals surface area contributed by atoms with Crippen molar-refractivity contribution >= 4 is 29.1 Å². The first-order valence-corrected chi connectivity index (χ1v) is 10.1. The van der Waals surface area contributed by atoms with E-state index in [-0.39, 0.29) is 22.9 Å². The molecule has 0 radical (unpaired) electrons. The van der Waals surface area contributed by atoms with Gasteiger partial charge in [-0.3, -0.25) is 14.5 Å². The number of carbonyl (C=O) groups is 2. The van der Waals surface area contributed by atoms with Crippen LogP contribution in [0.25, 0.3) is 0 Å². The lowest BCUT2D eigenvalue weighted by Crippen LogP contribution is -2.35. The standard InChI is InChI=1S/C22H26ClN3O3/c1-29-14-11-24-21(27)18-10-9-17(15-19(18)23)25-22(28)20(26-12-5-6-13-26)16-7-3-2-4-8-16/h2-4,7-10,15,20H,5-6,11-14H2,1H3,(H,24,27)(H,25,28). The number of carbonyl (C=O) groups excluding carboxylic acids is 2. The van der Waals surface area contributed by atoms with E-state index in [0.717, 1.165) is 31.5 Å². The molecule has 7 heteroatoms. The number of anilines is 1. The quantitative estimate of drug-likeness (QED) is 0.647. The summed E-state index contributed by atoms with van der Waals surface area (Å²) in [5.74, 6) is -0.379. The summed E-state index contributed by atoms with van der Waals surface area (Å²) in [5.41, 5.74) is 1.89. The van der Waals surface area contributed by atoms with E-state index in [1.165, 1.54) is 0 Å². The third-order valence-electron chi connectivity index (χ3n) is 4.94. The van der Waals surface area contributed by atoms with Gasteiger partial charge in [0, 0.05) is 19.3 Å². The van der Waals surface area contributed by atoms with Gasteiger partial charge in [0.05, 0.1) is 17.2 Å². The van der Waals surface area contributed by atoms with Gasteiger partial charge in [-0.05, 0) is 49.7 Å². The second kappa shape index (κ2) is 10.4. The molecule has 2 aromatic rings. The van der Waals surface area contributed by atoms with E-state index in [0.29, 0.717) is 24.4 Å². The number of hydrogen-bond donors (Lipinski definition) is 2. The largest absolute Gasteiger partial charge is 0.383 e. The highest BCUT2D eigenvalue weighted by atomic mass is 35.5. The van der Waals surface area contributed by atoms with Gasteiger partial charge < -0.3 is 15.4 Å². The number of halogens is 1. The molecule has 1 heterocycles. The molecule has 2 amide bonds. The molecule has 1 aliphatic heterocycles. The van der Waals surface area contributed by atoms with Crippen molar-refractivity contribution in [2.24, 2.45) is 0 Å². The second-order valence-corrected chi connectivity index (χ2v) is 7.40. The molecule has 29 heavy (non-hydrogen) atoms. The molecule has 2 N–H and O–H groups in total. The van der Waals surface area contributed by atoms with Gasteiger partial charge in [-0.1, -0.05) is 41.9 Å². The Kier molecular flexibility index (Phi) is 7.63. The second-order valence-electron chi connectivity index (χ2n) is 6.99. The van der Waals surface area contributed by atoms with Crippen LogP contribution in [-0.4, -0.2) is 50.1 Å². The molecule has 0 spiro atoms. The molecule has 0 bridgehead atoms. The van der Waals surface area contributed by atoms with Gasteiger partial charge in [-0.15, -0.1) is 0 Å². The van der Waals surface area contributed by atoms with Crippen molar-refractivity contribution in [3.63, 3.8) is 0 Å². The topological polar surface area (TPSA) is 70.7 Å². The van der Waals surface area contributed by atoms with Gasteiger partial charge in [0.25, 0.3) is 5.91 Å². The summed E-state index contributed by atoms with van der Waals surface area (Å²) in [6, 6.07) is 14.4. The van der Waals surface area contributed by atoms with Crippen LogP contribution in [0.15, 0.2) is 48.5 Å². The van der Waals surface area contributed by atoms with Gasteiger partial charge >= 0.3 is 0 Å². The Morgan fingerprint density at radius 2 is 1.86 bits per heavy atom. The molecule has 1 fully saturated rings. The Labute approximate surface area is 176 Å². The Hall–Kier alpha value is -2.41. The van der Waals surface area contributed by atoms with Crippen molar-refractivity contribution in [2.75, 3.05) is 38.7 Å². The molecule has 1 aliphatic rings. The predicted octanol–water partition coefficient (Wildman–Crippen LogP) is 3.49. The maximum absolute atomic E-state index is 13.1. The minimum absolute atomic E-state index is 0.105. The monoisotopic (exact) mass is 415 g/mol. The zero-order valence-corrected chi connectivity index (χ0v) is 17.2. The highest BCUT2D eigenvalue weighted by Gasteiger charge is 2.29. The van der Waals surface area contributed by atoms with Crippen molar-refractivity contribution in [3.05, 3.63) is 64.7 Å². The fraction of sp³-hybridized carbons (Fsp3) is 0.364. The highest BCUT2D eigenvalue weighted by molar-refractivity contribution is 6.34. The van der Waals surface area contributed by atoms with Crippen molar-refractivity contribution in [1.82, 2.24) is 10.2 Å². The van der Waals surface area contributed by atoms with Gasteiger partial charge in [0.1, 0.15) is 6.04 Å². The summed E-state index contributed by atoms with van der Waals surface area (Å²) in [6.07, 6.45) is 2.19. The van der Waals surface area contributed by atoms with E-state index < -0.39 is 0 Å². The van der Waals surface area contributed by atoms with Crippen LogP contribution in [0.5, 0.6) is 0 Å². The third kappa shape index (κ3) is 5.56. The van der Waals surface area contributed by atoms with Crippen molar-refractivity contribution in [3.8, 4) is 0 Å². The summed E-state index contributed by atoms with van der Waals surface area (Å²) in [7, 11) is 1.57. The van der Waals surface area contributed by atoms with E-state index in [1.807, 2.05) is 30.3 Å². The molecule has 1 atom stereocenters. The molecule has 0 aliphatic carbocycles. The minimum atomic E-state index is -0.352. The van der Waals surface area contributed by atoms with Crippen LogP contribution in [0, 0.1) is 0 Å². The molecule has 6 nitrogen and oxygen atoms in total. The molecule has 0 aromatic heterocycles. The van der Waals surface area contributed by atoms with Crippen LogP contribution in [0.4, 0.5) is 5.69 Å². The van der Waals surface area contributed by atoms with E-state index in [4.69, 9.17) is 16.3 Å². The van der Waals surface area contributed by atoms with Crippen LogP contribution in [-0.2, 0) is 9.53 Å². The van der Waals surface area contributed by atoms with Crippen molar-refractivity contribution < 1.29 is 14.3 Å². The number of nitrogens with zero attached hydrogens (tertiary/aromatic N) is 1. The SMILES string of the molecule is COCCNC(=O)c1ccc(NC(=O)C(c2ccccc2)N2CCCC2)cc1Cl. The number of methoxy groups -OCH3 is 1. The number of nitrogens with one attached hydrogen (secondary N) is 2. The van der Waals surface area contributed by atoms with Crippen LogP contribution < -0.4 is 10.6 Å². The van der Waals surface area contributed by atoms with Crippen LogP contribution >= 0.6 is 11.6 Å². The predicted molar refractivity (Wildman–Crippen MR) is 114 cm³/mol. The first-order valence-electron chi connectivity index (χ1n) is 9.76. The summed E-state index contributed by atoms with van der Waals surface area (Å²) in [4.78, 5) is 27.5. The fourth-order valence-electron chi connectivity index (χ4n) is 3.51. The zero-order chi connectivity index (χ0) is 20.6. The molecule has 1 saturated heterocycles. The molecular weight excluding hydrogens is 390 g/mol. The smallest absolute Gasteiger partial charge is 0.252 e. The van der Waals surface area contributed by atoms with Gasteiger partial charge in [0.15, 0.2) is 0 Å². The van der Waals surface area contributed by atoms with Crippen molar-refractivity contribution in [2.45, 2.75) is 18.9 Å². The average Bonchev–Trinajstić information content (AvgIpc) is 3.23. The fourth-order valence-corrected chi connectivity index (χ4v) is 3.78. The number of amides is 2. The van der Waals surface area contributed by atoms with Gasteiger partial charge in [-0.2, -0.15) is 0 Å². The molecule has 3 rings (SSSR count). The third-order valence-corrected chi connectivity index (χ3v) is 5.26. The first kappa shape index (κ1) is 21.3. The number of hydrogen-bond acceptors (Lipinski definition) is 4. The van der Waals surface area contributed by atoms with E-state index >= 15 is 0 Å². The minimum Gasteiger partial charge on any atom is -0.383 e. The zero-order valence-electron chi connectivity index (χ0n) is 16.5. The maximum atomic E-state index is 13.1. The lowest BCUT2D eigenvalue weighted by atomic mass is 10.0. The van der Waals surface area contributed by atoms with Crippen LogP contribution in [0.3, 0.4) is 0 Å². The van der Waals surface area contributed by atoms with Crippen LogP contribution in [0.1, 0.15) is 34.8 Å². The van der Waals surface area contributed by atoms with E-state index in [2.05, 4.69) is 15.5 Å². The number of rotatable bonds is 8. The van der Waals surface area contributed by atoms with E-state index in [1.54, 1.807) is 25.3 Å². The molecular formula is C22H26ClN3O3. The number of likely N-dealkylation sites (tertiary alicyclic amines) is 1. The first-order chi connectivity index (χ1) is 14.1. The maximum Gasteiger partial charge on any atom is 0.252 e. The van der Waals surface area contributed by atoms with Crippen molar-refractivity contribution in [1.29, 1.82) is 0 Å². The normalized spacial score (nSPS) is 15.1. The van der Waals surface area contributed by atoms with Crippen LogP contribution in [0.2, 0.25) is 5.02 Å². The summed E-state index contributed by atoms with van der Waals surface area (Å²) >= 11 is 6.29. The Morgan fingerprint density at radius 1 is 1.14 bits per heavy atom. The molecule has 2 aromatic carbocycles. The lowest BCUT2D eigenvalue weighted by molar-refractivity contribution is -0.121. The Morgan fingerprint density at radius 3 is 2.52 bits per heavy atom. The molecule has 0 saturated carbocycles.